The minimum Gasteiger partial charge on any atom is -0.310 e. The minimum absolute atomic E-state index is 0.444. The highest BCUT2D eigenvalue weighted by Crippen LogP contribution is 2.64. The molecule has 1 aromatic heterocycles. The molecule has 0 amide bonds. The molecule has 0 saturated heterocycles. The molecule has 274 valence electrons. The molecule has 0 atom stereocenters. The van der Waals surface area contributed by atoms with Crippen molar-refractivity contribution in [2.45, 2.75) is 5.41 Å². The molecule has 0 unspecified atom stereocenters. The third-order valence-corrected chi connectivity index (χ3v) is 13.1. The lowest BCUT2D eigenvalue weighted by atomic mass is 9.69. The number of fused-ring (bicyclic) bond motifs is 16. The van der Waals surface area contributed by atoms with E-state index in [9.17, 15) is 0 Å². The number of rotatable bonds is 4. The third-order valence-electron chi connectivity index (χ3n) is 13.1. The van der Waals surface area contributed by atoms with Crippen LogP contribution in [0.5, 0.6) is 0 Å². The summed E-state index contributed by atoms with van der Waals surface area (Å²) in [5.74, 6) is 0. The van der Waals surface area contributed by atoms with Gasteiger partial charge >= 0.3 is 0 Å². The summed E-state index contributed by atoms with van der Waals surface area (Å²) in [5, 5.41) is 7.52. The molecule has 0 fully saturated rings. The van der Waals surface area contributed by atoms with Crippen LogP contribution in [0.15, 0.2) is 218 Å². The van der Waals surface area contributed by atoms with E-state index in [4.69, 9.17) is 0 Å². The SMILES string of the molecule is c1ccc(N(c2ccc3cc4c(cc3c2)C2(c3ccccc3-c3ccccc32)c2c-4ccc3ccccc23)c2ccc3c(c2)c2ccccc2n3-c2ccccc2)cc1. The third kappa shape index (κ3) is 4.40. The Morgan fingerprint density at radius 3 is 1.73 bits per heavy atom. The van der Waals surface area contributed by atoms with E-state index >= 15 is 0 Å². The highest BCUT2D eigenvalue weighted by atomic mass is 15.1. The van der Waals surface area contributed by atoms with Gasteiger partial charge in [-0.3, -0.25) is 0 Å². The van der Waals surface area contributed by atoms with E-state index in [0.29, 0.717) is 0 Å². The van der Waals surface area contributed by atoms with Gasteiger partial charge in [0.1, 0.15) is 0 Å². The summed E-state index contributed by atoms with van der Waals surface area (Å²) in [6.07, 6.45) is 0. The average molecular weight is 749 g/mol. The molecule has 0 bridgehead atoms. The number of hydrogen-bond acceptors (Lipinski definition) is 1. The zero-order chi connectivity index (χ0) is 38.7. The van der Waals surface area contributed by atoms with Crippen LogP contribution in [-0.4, -0.2) is 4.57 Å². The van der Waals surface area contributed by atoms with E-state index in [-0.39, 0.29) is 0 Å². The molecule has 59 heavy (non-hydrogen) atoms. The second kappa shape index (κ2) is 12.2. The number of benzene rings is 10. The van der Waals surface area contributed by atoms with Crippen LogP contribution >= 0.6 is 0 Å². The van der Waals surface area contributed by atoms with E-state index in [1.165, 1.54) is 87.9 Å². The van der Waals surface area contributed by atoms with Crippen molar-refractivity contribution in [2.75, 3.05) is 4.90 Å². The molecule has 2 nitrogen and oxygen atoms in total. The number of nitrogens with zero attached hydrogens (tertiary/aromatic N) is 2. The summed E-state index contributed by atoms with van der Waals surface area (Å²) in [5.41, 5.74) is 17.2. The van der Waals surface area contributed by atoms with E-state index in [2.05, 4.69) is 228 Å². The maximum absolute atomic E-state index is 2.52. The summed E-state index contributed by atoms with van der Waals surface area (Å²) in [7, 11) is 0. The Labute approximate surface area is 342 Å². The largest absolute Gasteiger partial charge is 0.310 e. The number of para-hydroxylation sites is 3. The molecule has 2 heteroatoms. The van der Waals surface area contributed by atoms with Gasteiger partial charge in [-0.15, -0.1) is 0 Å². The standard InChI is InChI=1S/C57H36N2/c1-3-16-40(17-4-1)58(43-30-32-55-50(36-43)47-23-11-14-26-54(47)59(55)41-18-5-2-6-19-41)42-29-27-38-34-49-48-31-28-37-15-7-8-20-44(37)56(48)57(53(49)35-39(38)33-42)51-24-12-9-21-45(51)46-22-10-13-25-52(46)57/h1-36H. The van der Waals surface area contributed by atoms with Crippen molar-refractivity contribution in [3.05, 3.63) is 241 Å². The van der Waals surface area contributed by atoms with E-state index in [0.717, 1.165) is 22.7 Å². The highest BCUT2D eigenvalue weighted by molar-refractivity contribution is 6.11. The Kier molecular flexibility index (Phi) is 6.68. The molecule has 0 N–H and O–H groups in total. The summed E-state index contributed by atoms with van der Waals surface area (Å²) in [6, 6.07) is 81.0. The summed E-state index contributed by atoms with van der Waals surface area (Å²) in [6.45, 7) is 0. The van der Waals surface area contributed by atoms with Gasteiger partial charge in [0.15, 0.2) is 0 Å². The Bertz CT molecular complexity index is 3460. The lowest BCUT2D eigenvalue weighted by Gasteiger charge is -2.31. The van der Waals surface area contributed by atoms with Gasteiger partial charge in [-0.1, -0.05) is 146 Å². The fourth-order valence-electron chi connectivity index (χ4n) is 10.8. The van der Waals surface area contributed by atoms with E-state index < -0.39 is 5.41 Å². The normalized spacial score (nSPS) is 13.2. The van der Waals surface area contributed by atoms with Crippen molar-refractivity contribution in [1.29, 1.82) is 0 Å². The fourth-order valence-corrected chi connectivity index (χ4v) is 10.8. The minimum atomic E-state index is -0.444. The zero-order valence-electron chi connectivity index (χ0n) is 32.2. The van der Waals surface area contributed by atoms with Crippen LogP contribution in [0.25, 0.3) is 71.3 Å². The van der Waals surface area contributed by atoms with Gasteiger partial charge in [0, 0.05) is 33.5 Å². The molecule has 2 aliphatic carbocycles. The van der Waals surface area contributed by atoms with Crippen LogP contribution in [0.4, 0.5) is 17.1 Å². The maximum Gasteiger partial charge on any atom is 0.0731 e. The maximum atomic E-state index is 2.52. The molecular formula is C57H36N2. The highest BCUT2D eigenvalue weighted by Gasteiger charge is 2.52. The van der Waals surface area contributed by atoms with Crippen molar-refractivity contribution in [2.24, 2.45) is 0 Å². The van der Waals surface area contributed by atoms with Gasteiger partial charge < -0.3 is 9.47 Å². The summed E-state index contributed by atoms with van der Waals surface area (Å²) in [4.78, 5) is 2.42. The van der Waals surface area contributed by atoms with Gasteiger partial charge in [0.2, 0.25) is 0 Å². The monoisotopic (exact) mass is 748 g/mol. The quantitative estimate of drug-likeness (QED) is 0.174. The molecule has 0 radical (unpaired) electrons. The molecule has 0 aliphatic heterocycles. The first-order valence-electron chi connectivity index (χ1n) is 20.5. The van der Waals surface area contributed by atoms with Gasteiger partial charge in [-0.2, -0.15) is 0 Å². The molecule has 1 heterocycles. The van der Waals surface area contributed by atoms with Gasteiger partial charge in [0.25, 0.3) is 0 Å². The summed E-state index contributed by atoms with van der Waals surface area (Å²) >= 11 is 0. The van der Waals surface area contributed by atoms with Crippen molar-refractivity contribution in [1.82, 2.24) is 4.57 Å². The smallest absolute Gasteiger partial charge is 0.0731 e. The van der Waals surface area contributed by atoms with Crippen molar-refractivity contribution >= 4 is 60.4 Å². The Morgan fingerprint density at radius 2 is 0.932 bits per heavy atom. The van der Waals surface area contributed by atoms with Crippen LogP contribution in [-0.2, 0) is 5.41 Å². The molecule has 10 aromatic carbocycles. The van der Waals surface area contributed by atoms with Crippen molar-refractivity contribution in [3.63, 3.8) is 0 Å². The Morgan fingerprint density at radius 1 is 0.322 bits per heavy atom. The number of anilines is 3. The van der Waals surface area contributed by atoms with Gasteiger partial charge in [-0.05, 0) is 139 Å². The second-order valence-corrected chi connectivity index (χ2v) is 16.0. The van der Waals surface area contributed by atoms with Crippen LogP contribution < -0.4 is 4.90 Å². The van der Waals surface area contributed by atoms with Crippen LogP contribution in [0, 0.1) is 0 Å². The first-order valence-corrected chi connectivity index (χ1v) is 20.5. The molecule has 2 aliphatic rings. The number of aromatic nitrogens is 1. The van der Waals surface area contributed by atoms with E-state index in [1.807, 2.05) is 0 Å². The summed E-state index contributed by atoms with van der Waals surface area (Å²) < 4.78 is 2.38. The molecular weight excluding hydrogens is 713 g/mol. The zero-order valence-corrected chi connectivity index (χ0v) is 32.2. The van der Waals surface area contributed by atoms with Crippen molar-refractivity contribution < 1.29 is 0 Å². The first-order chi connectivity index (χ1) is 29.3. The first kappa shape index (κ1) is 32.4. The predicted molar refractivity (Wildman–Crippen MR) is 247 cm³/mol. The second-order valence-electron chi connectivity index (χ2n) is 16.0. The van der Waals surface area contributed by atoms with Crippen LogP contribution in [0.2, 0.25) is 0 Å². The predicted octanol–water partition coefficient (Wildman–Crippen LogP) is 14.9. The van der Waals surface area contributed by atoms with Crippen molar-refractivity contribution in [3.8, 4) is 27.9 Å². The fraction of sp³-hybridized carbons (Fsp3) is 0.0175. The molecule has 0 saturated carbocycles. The van der Waals surface area contributed by atoms with Crippen LogP contribution in [0.3, 0.4) is 0 Å². The topological polar surface area (TPSA) is 8.17 Å². The molecule has 1 spiro atoms. The van der Waals surface area contributed by atoms with Crippen LogP contribution in [0.1, 0.15) is 22.3 Å². The Hall–Kier alpha value is -7.68. The van der Waals surface area contributed by atoms with E-state index in [1.54, 1.807) is 0 Å². The Balaban J connectivity index is 1.06. The van der Waals surface area contributed by atoms with Gasteiger partial charge in [-0.25, -0.2) is 0 Å². The molecule has 11 aromatic rings. The molecule has 13 rings (SSSR count). The number of hydrogen-bond donors (Lipinski definition) is 0. The average Bonchev–Trinajstić information content (AvgIpc) is 3.90. The van der Waals surface area contributed by atoms with Gasteiger partial charge in [0.05, 0.1) is 16.4 Å². The lowest BCUT2D eigenvalue weighted by molar-refractivity contribution is 0.802. The lowest BCUT2D eigenvalue weighted by Crippen LogP contribution is -2.26.